The van der Waals surface area contributed by atoms with Crippen LogP contribution in [-0.4, -0.2) is 29.2 Å². The van der Waals surface area contributed by atoms with Gasteiger partial charge < -0.3 is 19.4 Å². The second-order valence-corrected chi connectivity index (χ2v) is 5.79. The fraction of sp³-hybridized carbons (Fsp3) is 0.222. The van der Waals surface area contributed by atoms with Gasteiger partial charge in [-0.1, -0.05) is 11.6 Å². The molecule has 7 heteroatoms. The minimum absolute atomic E-state index is 0.316. The quantitative estimate of drug-likeness (QED) is 0.693. The number of hydrogen-bond acceptors (Lipinski definition) is 5. The van der Waals surface area contributed by atoms with E-state index in [0.29, 0.717) is 23.2 Å². The molecule has 130 valence electrons. The Hall–Kier alpha value is -2.73. The number of esters is 1. The van der Waals surface area contributed by atoms with Crippen molar-refractivity contribution >= 4 is 39.8 Å². The first-order valence-corrected chi connectivity index (χ1v) is 8.15. The number of ether oxygens (including phenoxy) is 2. The highest BCUT2D eigenvalue weighted by Gasteiger charge is 2.18. The van der Waals surface area contributed by atoms with Gasteiger partial charge in [0.05, 0.1) is 36.1 Å². The van der Waals surface area contributed by atoms with Gasteiger partial charge in [0.15, 0.2) is 0 Å². The molecule has 0 unspecified atom stereocenters. The number of pyridine rings is 1. The summed E-state index contributed by atoms with van der Waals surface area (Å²) in [5.74, 6) is 0.158. The van der Waals surface area contributed by atoms with Crippen molar-refractivity contribution in [2.24, 2.45) is 7.05 Å². The van der Waals surface area contributed by atoms with E-state index in [4.69, 9.17) is 21.1 Å². The van der Waals surface area contributed by atoms with E-state index in [1.165, 1.54) is 0 Å². The highest BCUT2D eigenvalue weighted by Crippen LogP contribution is 2.34. The van der Waals surface area contributed by atoms with Crippen LogP contribution >= 0.6 is 11.6 Å². The fourth-order valence-corrected chi connectivity index (χ4v) is 2.95. The Balaban J connectivity index is 2.04. The lowest BCUT2D eigenvalue weighted by Crippen LogP contribution is -2.09. The monoisotopic (exact) mass is 359 g/mol. The minimum Gasteiger partial charge on any atom is -0.481 e. The SMILES string of the molecule is CCOC(=O)c1cc2c(Nc3ccc(OC)nc3)ccc(Cl)c2n1C. The van der Waals surface area contributed by atoms with Crippen LogP contribution in [0.1, 0.15) is 17.4 Å². The van der Waals surface area contributed by atoms with Crippen molar-refractivity contribution in [1.29, 1.82) is 0 Å². The smallest absolute Gasteiger partial charge is 0.354 e. The summed E-state index contributed by atoms with van der Waals surface area (Å²) in [7, 11) is 3.36. The molecule has 0 spiro atoms. The number of fused-ring (bicyclic) bond motifs is 1. The third-order valence-corrected chi connectivity index (χ3v) is 4.16. The van der Waals surface area contributed by atoms with Gasteiger partial charge in [-0.2, -0.15) is 0 Å². The normalized spacial score (nSPS) is 10.7. The Morgan fingerprint density at radius 1 is 1.32 bits per heavy atom. The van der Waals surface area contributed by atoms with E-state index >= 15 is 0 Å². The molecule has 0 aliphatic heterocycles. The Morgan fingerprint density at radius 2 is 2.12 bits per heavy atom. The van der Waals surface area contributed by atoms with E-state index in [0.717, 1.165) is 22.3 Å². The third-order valence-electron chi connectivity index (χ3n) is 3.85. The molecule has 0 bridgehead atoms. The Labute approximate surface area is 150 Å². The standard InChI is InChI=1S/C18H18ClN3O3/c1-4-25-18(23)15-9-12-14(7-6-13(19)17(12)22(15)2)21-11-5-8-16(24-3)20-10-11/h5-10,21H,4H2,1-3H3. The molecule has 0 radical (unpaired) electrons. The van der Waals surface area contributed by atoms with E-state index in [-0.39, 0.29) is 5.97 Å². The number of hydrogen-bond donors (Lipinski definition) is 1. The molecule has 0 aliphatic carbocycles. The second kappa shape index (κ2) is 7.03. The Kier molecular flexibility index (Phi) is 4.81. The predicted octanol–water partition coefficient (Wildman–Crippen LogP) is 4.16. The van der Waals surface area contributed by atoms with Crippen LogP contribution in [0.25, 0.3) is 10.9 Å². The van der Waals surface area contributed by atoms with Crippen molar-refractivity contribution in [3.05, 3.63) is 47.2 Å². The molecule has 0 atom stereocenters. The number of aromatic nitrogens is 2. The lowest BCUT2D eigenvalue weighted by Gasteiger charge is -2.09. The highest BCUT2D eigenvalue weighted by atomic mass is 35.5. The zero-order valence-electron chi connectivity index (χ0n) is 14.2. The zero-order valence-corrected chi connectivity index (χ0v) is 14.9. The first-order chi connectivity index (χ1) is 12.0. The van der Waals surface area contributed by atoms with Gasteiger partial charge in [-0.05, 0) is 31.2 Å². The van der Waals surface area contributed by atoms with Crippen LogP contribution in [-0.2, 0) is 11.8 Å². The van der Waals surface area contributed by atoms with Crippen molar-refractivity contribution < 1.29 is 14.3 Å². The van der Waals surface area contributed by atoms with Gasteiger partial charge in [-0.25, -0.2) is 9.78 Å². The molecule has 1 N–H and O–H groups in total. The number of halogens is 1. The van der Waals surface area contributed by atoms with E-state index in [1.54, 1.807) is 50.0 Å². The van der Waals surface area contributed by atoms with Gasteiger partial charge >= 0.3 is 5.97 Å². The van der Waals surface area contributed by atoms with Crippen molar-refractivity contribution in [2.75, 3.05) is 19.0 Å². The molecule has 1 aromatic carbocycles. The second-order valence-electron chi connectivity index (χ2n) is 5.38. The number of carbonyl (C=O) groups is 1. The van der Waals surface area contributed by atoms with E-state index < -0.39 is 0 Å². The largest absolute Gasteiger partial charge is 0.481 e. The third kappa shape index (κ3) is 3.25. The molecule has 2 aromatic heterocycles. The molecule has 3 rings (SSSR count). The van der Waals surface area contributed by atoms with E-state index in [1.807, 2.05) is 12.1 Å². The molecular formula is C18H18ClN3O3. The Bertz CT molecular complexity index is 919. The van der Waals surface area contributed by atoms with E-state index in [2.05, 4.69) is 10.3 Å². The van der Waals surface area contributed by atoms with Crippen molar-refractivity contribution in [2.45, 2.75) is 6.92 Å². The number of nitrogens with zero attached hydrogens (tertiary/aromatic N) is 2. The van der Waals surface area contributed by atoms with Gasteiger partial charge in [-0.15, -0.1) is 0 Å². The molecule has 0 aliphatic rings. The summed E-state index contributed by atoms with van der Waals surface area (Å²) in [6, 6.07) is 9.06. The van der Waals surface area contributed by atoms with Gasteiger partial charge in [0, 0.05) is 24.2 Å². The maximum atomic E-state index is 12.2. The molecule has 25 heavy (non-hydrogen) atoms. The van der Waals surface area contributed by atoms with Crippen LogP contribution in [0.4, 0.5) is 11.4 Å². The maximum Gasteiger partial charge on any atom is 0.354 e. The van der Waals surface area contributed by atoms with Crippen molar-refractivity contribution in [3.8, 4) is 5.88 Å². The van der Waals surface area contributed by atoms with Crippen LogP contribution in [0, 0.1) is 0 Å². The van der Waals surface area contributed by atoms with Gasteiger partial charge in [0.1, 0.15) is 5.69 Å². The van der Waals surface area contributed by atoms with Crippen molar-refractivity contribution in [3.63, 3.8) is 0 Å². The number of methoxy groups -OCH3 is 1. The van der Waals surface area contributed by atoms with Gasteiger partial charge in [0.2, 0.25) is 5.88 Å². The minimum atomic E-state index is -0.380. The number of nitrogens with one attached hydrogen (secondary N) is 1. The molecule has 0 saturated carbocycles. The number of benzene rings is 1. The number of rotatable bonds is 5. The molecule has 0 saturated heterocycles. The summed E-state index contributed by atoms with van der Waals surface area (Å²) >= 11 is 6.34. The number of anilines is 2. The summed E-state index contributed by atoms with van der Waals surface area (Å²) < 4.78 is 11.9. The fourth-order valence-electron chi connectivity index (χ4n) is 2.66. The highest BCUT2D eigenvalue weighted by molar-refractivity contribution is 6.36. The van der Waals surface area contributed by atoms with E-state index in [9.17, 15) is 4.79 Å². The zero-order chi connectivity index (χ0) is 18.0. The van der Waals surface area contributed by atoms with Gasteiger partial charge in [0.25, 0.3) is 0 Å². The van der Waals surface area contributed by atoms with Crippen LogP contribution in [0.15, 0.2) is 36.5 Å². The predicted molar refractivity (Wildman–Crippen MR) is 98.0 cm³/mol. The van der Waals surface area contributed by atoms with Crippen molar-refractivity contribution in [1.82, 2.24) is 9.55 Å². The summed E-state index contributed by atoms with van der Waals surface area (Å²) in [5.41, 5.74) is 2.82. The lowest BCUT2D eigenvalue weighted by atomic mass is 10.2. The molecule has 0 amide bonds. The molecule has 6 nitrogen and oxygen atoms in total. The first-order valence-electron chi connectivity index (χ1n) is 7.77. The molecule has 0 fully saturated rings. The summed E-state index contributed by atoms with van der Waals surface area (Å²) in [6.45, 7) is 2.09. The average molecular weight is 360 g/mol. The number of aryl methyl sites for hydroxylation is 1. The van der Waals surface area contributed by atoms with Crippen LogP contribution < -0.4 is 10.1 Å². The van der Waals surface area contributed by atoms with Crippen LogP contribution in [0.5, 0.6) is 5.88 Å². The lowest BCUT2D eigenvalue weighted by molar-refractivity contribution is 0.0516. The average Bonchev–Trinajstić information content (AvgIpc) is 2.97. The summed E-state index contributed by atoms with van der Waals surface area (Å²) in [5, 5.41) is 4.68. The van der Waals surface area contributed by atoms with Crippen LogP contribution in [0.3, 0.4) is 0 Å². The first kappa shape index (κ1) is 17.1. The van der Waals surface area contributed by atoms with Crippen LogP contribution in [0.2, 0.25) is 5.02 Å². The molecule has 2 heterocycles. The molecule has 3 aromatic rings. The number of carbonyl (C=O) groups excluding carboxylic acids is 1. The maximum absolute atomic E-state index is 12.2. The topological polar surface area (TPSA) is 65.4 Å². The molecular weight excluding hydrogens is 342 g/mol. The van der Waals surface area contributed by atoms with Gasteiger partial charge in [-0.3, -0.25) is 0 Å². The summed E-state index contributed by atoms with van der Waals surface area (Å²) in [4.78, 5) is 16.3. The Morgan fingerprint density at radius 3 is 2.76 bits per heavy atom. The summed E-state index contributed by atoms with van der Waals surface area (Å²) in [6.07, 6.45) is 1.68.